The first-order valence-electron chi connectivity index (χ1n) is 6.19. The third kappa shape index (κ3) is 3.45. The minimum absolute atomic E-state index is 0.173. The summed E-state index contributed by atoms with van der Waals surface area (Å²) in [6.07, 6.45) is 1.05. The van der Waals surface area contributed by atoms with E-state index in [0.717, 1.165) is 47.8 Å². The molecule has 0 aromatic heterocycles. The topological polar surface area (TPSA) is 38.5 Å². The van der Waals surface area contributed by atoms with E-state index in [1.807, 2.05) is 12.1 Å². The highest BCUT2D eigenvalue weighted by molar-refractivity contribution is 9.10. The highest BCUT2D eigenvalue weighted by Crippen LogP contribution is 2.30. The fraction of sp³-hybridized carbons (Fsp3) is 0.538. The number of nitrogens with zero attached hydrogens (tertiary/aromatic N) is 1. The standard InChI is InChI=1S/C13H18BrClN2O/c14-10-2-3-11(12(15)8-10)13(9-16)17-4-1-6-18-7-5-17/h2-3,8,13H,1,4-7,9,16H2. The van der Waals surface area contributed by atoms with Crippen LogP contribution in [0.1, 0.15) is 18.0 Å². The van der Waals surface area contributed by atoms with Gasteiger partial charge in [-0.25, -0.2) is 0 Å². The molecule has 0 radical (unpaired) electrons. The minimum atomic E-state index is 0.173. The van der Waals surface area contributed by atoms with Crippen molar-refractivity contribution in [1.29, 1.82) is 0 Å². The third-order valence-corrected chi connectivity index (χ3v) is 4.06. The van der Waals surface area contributed by atoms with Crippen molar-refractivity contribution < 1.29 is 4.74 Å². The van der Waals surface area contributed by atoms with Gasteiger partial charge in [0, 0.05) is 41.8 Å². The summed E-state index contributed by atoms with van der Waals surface area (Å²) in [6, 6.07) is 6.16. The van der Waals surface area contributed by atoms with Crippen molar-refractivity contribution in [1.82, 2.24) is 4.90 Å². The molecule has 1 heterocycles. The van der Waals surface area contributed by atoms with Crippen LogP contribution in [-0.2, 0) is 4.74 Å². The first-order chi connectivity index (χ1) is 8.72. The van der Waals surface area contributed by atoms with Crippen molar-refractivity contribution in [2.24, 2.45) is 5.73 Å². The molecular weight excluding hydrogens is 316 g/mol. The number of benzene rings is 1. The van der Waals surface area contributed by atoms with Crippen LogP contribution in [0.25, 0.3) is 0 Å². The van der Waals surface area contributed by atoms with Gasteiger partial charge in [0.2, 0.25) is 0 Å². The quantitative estimate of drug-likeness (QED) is 0.924. The number of hydrogen-bond acceptors (Lipinski definition) is 3. The Hall–Kier alpha value is -0.130. The number of rotatable bonds is 3. The fourth-order valence-corrected chi connectivity index (χ4v) is 3.12. The summed E-state index contributed by atoms with van der Waals surface area (Å²) in [4.78, 5) is 2.36. The Morgan fingerprint density at radius 1 is 1.39 bits per heavy atom. The van der Waals surface area contributed by atoms with Gasteiger partial charge in [0.25, 0.3) is 0 Å². The van der Waals surface area contributed by atoms with Gasteiger partial charge >= 0.3 is 0 Å². The van der Waals surface area contributed by atoms with Gasteiger partial charge in [-0.3, -0.25) is 4.90 Å². The van der Waals surface area contributed by atoms with Gasteiger partial charge in [-0.05, 0) is 24.1 Å². The van der Waals surface area contributed by atoms with Crippen molar-refractivity contribution in [3.63, 3.8) is 0 Å². The lowest BCUT2D eigenvalue weighted by molar-refractivity contribution is 0.132. The Labute approximate surface area is 121 Å². The van der Waals surface area contributed by atoms with Gasteiger partial charge in [-0.2, -0.15) is 0 Å². The molecule has 1 aliphatic rings. The Kier molecular flexibility index (Phi) is 5.45. The van der Waals surface area contributed by atoms with E-state index in [4.69, 9.17) is 22.1 Å². The zero-order chi connectivity index (χ0) is 13.0. The second-order valence-corrected chi connectivity index (χ2v) is 5.74. The smallest absolute Gasteiger partial charge is 0.0593 e. The van der Waals surface area contributed by atoms with E-state index in [2.05, 4.69) is 26.9 Å². The highest BCUT2D eigenvalue weighted by Gasteiger charge is 2.22. The molecule has 1 aliphatic heterocycles. The zero-order valence-corrected chi connectivity index (χ0v) is 12.6. The van der Waals surface area contributed by atoms with Crippen LogP contribution in [0.5, 0.6) is 0 Å². The largest absolute Gasteiger partial charge is 0.380 e. The van der Waals surface area contributed by atoms with Crippen molar-refractivity contribution in [3.8, 4) is 0 Å². The molecule has 2 N–H and O–H groups in total. The number of halogens is 2. The maximum atomic E-state index is 6.32. The molecule has 0 spiro atoms. The number of hydrogen-bond donors (Lipinski definition) is 1. The molecule has 0 amide bonds. The van der Waals surface area contributed by atoms with Gasteiger partial charge in [-0.15, -0.1) is 0 Å². The van der Waals surface area contributed by atoms with Crippen LogP contribution in [0.3, 0.4) is 0 Å². The normalized spacial score (nSPS) is 19.5. The molecule has 1 fully saturated rings. The lowest BCUT2D eigenvalue weighted by atomic mass is 10.0. The minimum Gasteiger partial charge on any atom is -0.380 e. The first-order valence-corrected chi connectivity index (χ1v) is 7.36. The zero-order valence-electron chi connectivity index (χ0n) is 10.2. The van der Waals surface area contributed by atoms with Gasteiger partial charge in [-0.1, -0.05) is 33.6 Å². The summed E-state index contributed by atoms with van der Waals surface area (Å²) in [6.45, 7) is 4.09. The van der Waals surface area contributed by atoms with Gasteiger partial charge in [0.05, 0.1) is 6.61 Å². The second-order valence-electron chi connectivity index (χ2n) is 4.42. The van der Waals surface area contributed by atoms with Gasteiger partial charge in [0.1, 0.15) is 0 Å². The van der Waals surface area contributed by atoms with Crippen molar-refractivity contribution in [2.75, 3.05) is 32.8 Å². The average Bonchev–Trinajstić information content (AvgIpc) is 2.62. The Balaban J connectivity index is 2.20. The Morgan fingerprint density at radius 3 is 2.94 bits per heavy atom. The fourth-order valence-electron chi connectivity index (χ4n) is 2.32. The lowest BCUT2D eigenvalue weighted by Crippen LogP contribution is -2.35. The summed E-state index contributed by atoms with van der Waals surface area (Å²) in [5.74, 6) is 0. The van der Waals surface area contributed by atoms with Crippen LogP contribution in [0.15, 0.2) is 22.7 Å². The van der Waals surface area contributed by atoms with E-state index in [9.17, 15) is 0 Å². The molecule has 1 aromatic rings. The van der Waals surface area contributed by atoms with Crippen LogP contribution in [0.2, 0.25) is 5.02 Å². The van der Waals surface area contributed by atoms with Crippen molar-refractivity contribution >= 4 is 27.5 Å². The number of ether oxygens (including phenoxy) is 1. The Morgan fingerprint density at radius 2 is 2.22 bits per heavy atom. The van der Waals surface area contributed by atoms with Crippen LogP contribution >= 0.6 is 27.5 Å². The molecule has 1 atom stereocenters. The van der Waals surface area contributed by atoms with E-state index >= 15 is 0 Å². The predicted molar refractivity (Wildman–Crippen MR) is 78.0 cm³/mol. The average molecular weight is 334 g/mol. The summed E-state index contributed by atoms with van der Waals surface area (Å²) >= 11 is 9.75. The van der Waals surface area contributed by atoms with E-state index in [-0.39, 0.29) is 6.04 Å². The third-order valence-electron chi connectivity index (χ3n) is 3.24. The van der Waals surface area contributed by atoms with Gasteiger partial charge < -0.3 is 10.5 Å². The lowest BCUT2D eigenvalue weighted by Gasteiger charge is -2.30. The summed E-state index contributed by atoms with van der Waals surface area (Å²) in [7, 11) is 0. The molecule has 0 saturated carbocycles. The molecule has 1 unspecified atom stereocenters. The first kappa shape index (κ1) is 14.3. The Bertz CT molecular complexity index is 395. The molecular formula is C13H18BrClN2O. The molecule has 2 rings (SSSR count). The van der Waals surface area contributed by atoms with Crippen molar-refractivity contribution in [2.45, 2.75) is 12.5 Å². The second kappa shape index (κ2) is 6.87. The monoisotopic (exact) mass is 332 g/mol. The maximum Gasteiger partial charge on any atom is 0.0593 e. The molecule has 5 heteroatoms. The van der Waals surface area contributed by atoms with Crippen LogP contribution in [0.4, 0.5) is 0 Å². The molecule has 100 valence electrons. The molecule has 1 saturated heterocycles. The van der Waals surface area contributed by atoms with E-state index in [1.165, 1.54) is 0 Å². The summed E-state index contributed by atoms with van der Waals surface area (Å²) < 4.78 is 6.47. The summed E-state index contributed by atoms with van der Waals surface area (Å²) in [5.41, 5.74) is 7.04. The van der Waals surface area contributed by atoms with Crippen LogP contribution in [-0.4, -0.2) is 37.7 Å². The molecule has 0 aliphatic carbocycles. The van der Waals surface area contributed by atoms with E-state index in [1.54, 1.807) is 0 Å². The predicted octanol–water partition coefficient (Wildman–Crippen LogP) is 2.82. The molecule has 1 aromatic carbocycles. The van der Waals surface area contributed by atoms with Crippen LogP contribution < -0.4 is 5.73 Å². The summed E-state index contributed by atoms with van der Waals surface area (Å²) in [5, 5.41) is 0.769. The SMILES string of the molecule is NCC(c1ccc(Br)cc1Cl)N1CCCOCC1. The van der Waals surface area contributed by atoms with E-state index < -0.39 is 0 Å². The molecule has 18 heavy (non-hydrogen) atoms. The highest BCUT2D eigenvalue weighted by atomic mass is 79.9. The number of nitrogens with two attached hydrogens (primary N) is 1. The molecule has 3 nitrogen and oxygen atoms in total. The van der Waals surface area contributed by atoms with Crippen molar-refractivity contribution in [3.05, 3.63) is 33.3 Å². The van der Waals surface area contributed by atoms with Gasteiger partial charge in [0.15, 0.2) is 0 Å². The van der Waals surface area contributed by atoms with Crippen LogP contribution in [0, 0.1) is 0 Å². The maximum absolute atomic E-state index is 6.32. The van der Waals surface area contributed by atoms with E-state index in [0.29, 0.717) is 6.54 Å². The molecule has 0 bridgehead atoms.